The van der Waals surface area contributed by atoms with E-state index in [9.17, 15) is 13.6 Å². The van der Waals surface area contributed by atoms with Crippen molar-refractivity contribution in [2.75, 3.05) is 10.6 Å². The van der Waals surface area contributed by atoms with Crippen molar-refractivity contribution < 1.29 is 13.6 Å². The number of amides is 2. The molecule has 0 radical (unpaired) electrons. The number of benzene rings is 1. The zero-order chi connectivity index (χ0) is 13.1. The van der Waals surface area contributed by atoms with Gasteiger partial charge >= 0.3 is 6.03 Å². The smallest absolute Gasteiger partial charge is 0.305 e. The van der Waals surface area contributed by atoms with E-state index in [0.29, 0.717) is 11.8 Å². The number of carbonyl (C=O) groups is 1. The molecule has 5 nitrogen and oxygen atoms in total. The maximum Gasteiger partial charge on any atom is 0.323 e. The summed E-state index contributed by atoms with van der Waals surface area (Å²) in [4.78, 5) is 11.5. The summed E-state index contributed by atoms with van der Waals surface area (Å²) in [6.07, 6.45) is 3.03. The van der Waals surface area contributed by atoms with Gasteiger partial charge in [0, 0.05) is 19.3 Å². The monoisotopic (exact) mass is 252 g/mol. The summed E-state index contributed by atoms with van der Waals surface area (Å²) in [7, 11) is 1.70. The number of nitrogens with zero attached hydrogens (tertiary/aromatic N) is 2. The van der Waals surface area contributed by atoms with E-state index in [1.165, 1.54) is 10.9 Å². The lowest BCUT2D eigenvalue weighted by Gasteiger charge is -2.06. The molecule has 0 aliphatic carbocycles. The zero-order valence-electron chi connectivity index (χ0n) is 9.45. The number of nitrogens with one attached hydrogen (secondary N) is 2. The minimum Gasteiger partial charge on any atom is -0.305 e. The molecule has 0 fully saturated rings. The van der Waals surface area contributed by atoms with Gasteiger partial charge in [-0.3, -0.25) is 4.68 Å². The van der Waals surface area contributed by atoms with Crippen LogP contribution >= 0.6 is 0 Å². The maximum atomic E-state index is 13.3. The van der Waals surface area contributed by atoms with E-state index >= 15 is 0 Å². The molecular formula is C11H10F2N4O. The Morgan fingerprint density at radius 3 is 2.72 bits per heavy atom. The fraction of sp³-hybridized carbons (Fsp3) is 0.0909. The zero-order valence-corrected chi connectivity index (χ0v) is 9.45. The van der Waals surface area contributed by atoms with E-state index in [1.54, 1.807) is 13.2 Å². The van der Waals surface area contributed by atoms with Crippen LogP contribution in [0.15, 0.2) is 30.6 Å². The van der Waals surface area contributed by atoms with E-state index in [1.807, 2.05) is 0 Å². The van der Waals surface area contributed by atoms with Crippen molar-refractivity contribution in [1.29, 1.82) is 0 Å². The highest BCUT2D eigenvalue weighted by Gasteiger charge is 2.08. The highest BCUT2D eigenvalue weighted by molar-refractivity contribution is 5.99. The molecular weight excluding hydrogens is 242 g/mol. The first-order valence-electron chi connectivity index (χ1n) is 5.06. The number of aryl methyl sites for hydroxylation is 1. The Morgan fingerprint density at radius 1 is 1.33 bits per heavy atom. The van der Waals surface area contributed by atoms with Crippen molar-refractivity contribution in [3.05, 3.63) is 42.2 Å². The third-order valence-corrected chi connectivity index (χ3v) is 2.14. The van der Waals surface area contributed by atoms with Crippen molar-refractivity contribution in [3.63, 3.8) is 0 Å². The van der Waals surface area contributed by atoms with Crippen LogP contribution in [0.25, 0.3) is 0 Å². The van der Waals surface area contributed by atoms with Crippen molar-refractivity contribution in [2.45, 2.75) is 0 Å². The molecule has 0 bridgehead atoms. The molecule has 0 spiro atoms. The molecule has 2 N–H and O–H groups in total. The molecule has 2 amide bonds. The van der Waals surface area contributed by atoms with Gasteiger partial charge in [0.2, 0.25) is 0 Å². The molecule has 0 unspecified atom stereocenters. The van der Waals surface area contributed by atoms with E-state index in [0.717, 1.165) is 12.1 Å². The third kappa shape index (κ3) is 2.82. The second-order valence-corrected chi connectivity index (χ2v) is 3.61. The Bertz CT molecular complexity index is 582. The lowest BCUT2D eigenvalue weighted by Crippen LogP contribution is -2.19. The first-order valence-corrected chi connectivity index (χ1v) is 5.06. The second-order valence-electron chi connectivity index (χ2n) is 3.61. The summed E-state index contributed by atoms with van der Waals surface area (Å²) < 4.78 is 27.4. The van der Waals surface area contributed by atoms with Crippen molar-refractivity contribution >= 4 is 17.4 Å². The molecule has 1 aromatic heterocycles. The van der Waals surface area contributed by atoms with Crippen LogP contribution in [-0.2, 0) is 7.05 Å². The predicted octanol–water partition coefficient (Wildman–Crippen LogP) is 2.34. The molecule has 2 aromatic rings. The van der Waals surface area contributed by atoms with Gasteiger partial charge < -0.3 is 10.6 Å². The average Bonchev–Trinajstić information content (AvgIpc) is 2.68. The number of hydrogen-bond acceptors (Lipinski definition) is 2. The maximum absolute atomic E-state index is 13.3. The summed E-state index contributed by atoms with van der Waals surface area (Å²) in [6, 6.07) is 2.27. The molecule has 7 heteroatoms. The topological polar surface area (TPSA) is 59.0 Å². The molecule has 0 aliphatic heterocycles. The summed E-state index contributed by atoms with van der Waals surface area (Å²) >= 11 is 0. The number of aromatic nitrogens is 2. The first kappa shape index (κ1) is 12.0. The summed E-state index contributed by atoms with van der Waals surface area (Å²) in [6.45, 7) is 0. The van der Waals surface area contributed by atoms with Crippen LogP contribution in [-0.4, -0.2) is 15.8 Å². The van der Waals surface area contributed by atoms with Gasteiger partial charge in [-0.1, -0.05) is 0 Å². The number of anilines is 2. The summed E-state index contributed by atoms with van der Waals surface area (Å²) in [5.74, 6) is -1.54. The van der Waals surface area contributed by atoms with Gasteiger partial charge in [0.1, 0.15) is 11.6 Å². The molecule has 1 heterocycles. The number of halogens is 2. The Balaban J connectivity index is 2.03. The van der Waals surface area contributed by atoms with E-state index < -0.39 is 17.7 Å². The van der Waals surface area contributed by atoms with E-state index in [4.69, 9.17) is 0 Å². The number of rotatable bonds is 2. The lowest BCUT2D eigenvalue weighted by molar-refractivity contribution is 0.262. The number of urea groups is 1. The van der Waals surface area contributed by atoms with Gasteiger partial charge in [0.05, 0.1) is 17.6 Å². The van der Waals surface area contributed by atoms with Crippen molar-refractivity contribution in [3.8, 4) is 0 Å². The van der Waals surface area contributed by atoms with Gasteiger partial charge in [-0.15, -0.1) is 0 Å². The fourth-order valence-electron chi connectivity index (χ4n) is 1.36. The van der Waals surface area contributed by atoms with Gasteiger partial charge in [0.25, 0.3) is 0 Å². The molecule has 94 valence electrons. The quantitative estimate of drug-likeness (QED) is 0.861. The molecule has 18 heavy (non-hydrogen) atoms. The largest absolute Gasteiger partial charge is 0.323 e. The van der Waals surface area contributed by atoms with E-state index in [2.05, 4.69) is 15.7 Å². The van der Waals surface area contributed by atoms with Gasteiger partial charge in [-0.2, -0.15) is 5.10 Å². The Labute approximate surface area is 101 Å². The number of hydrogen-bond donors (Lipinski definition) is 2. The van der Waals surface area contributed by atoms with Crippen LogP contribution in [0.4, 0.5) is 25.0 Å². The minimum absolute atomic E-state index is 0.0993. The van der Waals surface area contributed by atoms with Gasteiger partial charge in [-0.25, -0.2) is 13.6 Å². The Morgan fingerprint density at radius 2 is 2.11 bits per heavy atom. The summed E-state index contributed by atoms with van der Waals surface area (Å²) in [5, 5.41) is 8.58. The molecule has 0 saturated carbocycles. The Kier molecular flexibility index (Phi) is 3.22. The van der Waals surface area contributed by atoms with Gasteiger partial charge in [0.15, 0.2) is 0 Å². The highest BCUT2D eigenvalue weighted by atomic mass is 19.1. The first-order chi connectivity index (χ1) is 8.54. The lowest BCUT2D eigenvalue weighted by atomic mass is 10.3. The Hall–Kier alpha value is -2.44. The van der Waals surface area contributed by atoms with Crippen LogP contribution in [0.2, 0.25) is 0 Å². The highest BCUT2D eigenvalue weighted by Crippen LogP contribution is 2.15. The van der Waals surface area contributed by atoms with Crippen LogP contribution in [0.1, 0.15) is 0 Å². The second kappa shape index (κ2) is 4.82. The minimum atomic E-state index is -0.837. The third-order valence-electron chi connectivity index (χ3n) is 2.14. The summed E-state index contributed by atoms with van der Waals surface area (Å²) in [5.41, 5.74) is 0.371. The standard InChI is InChI=1S/C11H10F2N4O/c1-17-6-8(5-14-17)15-11(18)16-10-3-2-7(12)4-9(10)13/h2-6H,1H3,(H2,15,16,18). The fourth-order valence-corrected chi connectivity index (χ4v) is 1.36. The number of carbonyl (C=O) groups excluding carboxylic acids is 1. The van der Waals surface area contributed by atoms with Crippen LogP contribution in [0.3, 0.4) is 0 Å². The van der Waals surface area contributed by atoms with Gasteiger partial charge in [-0.05, 0) is 12.1 Å². The van der Waals surface area contributed by atoms with Crippen LogP contribution in [0, 0.1) is 11.6 Å². The van der Waals surface area contributed by atoms with Crippen LogP contribution < -0.4 is 10.6 Å². The van der Waals surface area contributed by atoms with Crippen LogP contribution in [0.5, 0.6) is 0 Å². The SMILES string of the molecule is Cn1cc(NC(=O)Nc2ccc(F)cc2F)cn1. The molecule has 0 atom stereocenters. The molecule has 0 aliphatic rings. The normalized spacial score (nSPS) is 10.2. The van der Waals surface area contributed by atoms with E-state index in [-0.39, 0.29) is 5.69 Å². The predicted molar refractivity (Wildman–Crippen MR) is 62.2 cm³/mol. The van der Waals surface area contributed by atoms with Crippen molar-refractivity contribution in [1.82, 2.24) is 9.78 Å². The average molecular weight is 252 g/mol. The molecule has 2 rings (SSSR count). The molecule has 1 aromatic carbocycles. The van der Waals surface area contributed by atoms with Crippen molar-refractivity contribution in [2.24, 2.45) is 7.05 Å². The molecule has 0 saturated heterocycles.